The number of rotatable bonds is 10. The van der Waals surface area contributed by atoms with Crippen LogP contribution in [0.3, 0.4) is 0 Å². The fourth-order valence-electron chi connectivity index (χ4n) is 5.66. The number of hydrogen-bond donors (Lipinski definition) is 3. The molecule has 0 fully saturated rings. The number of benzene rings is 2. The van der Waals surface area contributed by atoms with Crippen molar-refractivity contribution in [3.8, 4) is 6.07 Å². The molecule has 2 heterocycles. The maximum atomic E-state index is 9.92. The molecule has 0 spiro atoms. The van der Waals surface area contributed by atoms with Gasteiger partial charge in [0.2, 0.25) is 5.82 Å². The minimum atomic E-state index is -0.285. The zero-order chi connectivity index (χ0) is 32.2. The Kier molecular flexibility index (Phi) is 9.88. The Balaban J connectivity index is 1.89. The van der Waals surface area contributed by atoms with Crippen molar-refractivity contribution < 1.29 is 0 Å². The predicted octanol–water partition coefficient (Wildman–Crippen LogP) is 10.1. The first-order chi connectivity index (χ1) is 20.9. The van der Waals surface area contributed by atoms with Crippen LogP contribution in [-0.4, -0.2) is 15.2 Å². The molecule has 44 heavy (non-hydrogen) atoms. The Morgan fingerprint density at radius 2 is 1.27 bits per heavy atom. The normalized spacial score (nSPS) is 11.7. The number of aryl methyl sites for hydroxylation is 7. The molecular formula is C36H46N8. The van der Waals surface area contributed by atoms with E-state index in [0.29, 0.717) is 17.1 Å². The first kappa shape index (κ1) is 32.4. The number of aromatic amines is 1. The summed E-state index contributed by atoms with van der Waals surface area (Å²) >= 11 is 0. The summed E-state index contributed by atoms with van der Waals surface area (Å²) in [7, 11) is 0. The van der Waals surface area contributed by atoms with Gasteiger partial charge in [0.05, 0.1) is 5.69 Å². The minimum absolute atomic E-state index is 0.267. The van der Waals surface area contributed by atoms with E-state index in [1.165, 1.54) is 33.4 Å². The van der Waals surface area contributed by atoms with Gasteiger partial charge < -0.3 is 10.6 Å². The third-order valence-corrected chi connectivity index (χ3v) is 7.95. The Morgan fingerprint density at radius 1 is 0.773 bits per heavy atom. The number of nitriles is 1. The minimum Gasteiger partial charge on any atom is -0.340 e. The van der Waals surface area contributed by atoms with Crippen molar-refractivity contribution in [2.24, 2.45) is 10.2 Å². The maximum absolute atomic E-state index is 9.92. The molecule has 230 valence electrons. The molecule has 0 bridgehead atoms. The topological polar surface area (TPSA) is 114 Å². The van der Waals surface area contributed by atoms with E-state index < -0.39 is 0 Å². The van der Waals surface area contributed by atoms with Crippen LogP contribution in [0.2, 0.25) is 0 Å². The number of pyridine rings is 1. The van der Waals surface area contributed by atoms with Crippen LogP contribution >= 0.6 is 0 Å². The fourth-order valence-corrected chi connectivity index (χ4v) is 5.66. The van der Waals surface area contributed by atoms with Crippen molar-refractivity contribution in [2.75, 3.05) is 10.6 Å². The van der Waals surface area contributed by atoms with Crippen molar-refractivity contribution >= 4 is 34.5 Å². The fraction of sp³-hybridized carbons (Fsp3) is 0.417. The van der Waals surface area contributed by atoms with E-state index in [9.17, 15) is 5.26 Å². The van der Waals surface area contributed by atoms with Crippen molar-refractivity contribution in [3.63, 3.8) is 0 Å². The highest BCUT2D eigenvalue weighted by Crippen LogP contribution is 2.38. The summed E-state index contributed by atoms with van der Waals surface area (Å²) in [6, 6.07) is 13.2. The Hall–Kier alpha value is -4.51. The molecular weight excluding hydrogens is 544 g/mol. The molecule has 0 saturated heterocycles. The van der Waals surface area contributed by atoms with E-state index in [2.05, 4.69) is 103 Å². The standard InChI is InChI=1S/C36H46N8/c1-11-24-15-21(5)16-25(12-2)31(24)38-29-19-23(7)30(41-43-34-28(20-37)33(42-44-34)36(8,9)10)35(39-29)40-32-26(13-3)17-22(6)18-27(32)14-4/h15-19H,11-14H2,1-10H3,(H,42,44)(H2,38,39,40). The number of azo groups is 1. The number of H-pyrrole nitrogens is 1. The molecule has 0 atom stereocenters. The van der Waals surface area contributed by atoms with Crippen molar-refractivity contribution in [3.05, 3.63) is 80.5 Å². The maximum Gasteiger partial charge on any atom is 0.213 e. The lowest BCUT2D eigenvalue weighted by Crippen LogP contribution is -2.13. The number of aromatic nitrogens is 3. The number of nitrogens with one attached hydrogen (secondary N) is 3. The van der Waals surface area contributed by atoms with Crippen LogP contribution in [0, 0.1) is 32.1 Å². The van der Waals surface area contributed by atoms with Crippen LogP contribution < -0.4 is 10.6 Å². The molecule has 0 aliphatic carbocycles. The molecule has 4 aromatic rings. The summed E-state index contributed by atoms with van der Waals surface area (Å²) in [5.74, 6) is 1.59. The van der Waals surface area contributed by atoms with Crippen molar-refractivity contribution in [1.82, 2.24) is 15.2 Å². The summed E-state index contributed by atoms with van der Waals surface area (Å²) in [6.45, 7) is 21.1. The van der Waals surface area contributed by atoms with E-state index in [-0.39, 0.29) is 11.2 Å². The first-order valence-electron chi connectivity index (χ1n) is 15.6. The molecule has 2 aromatic heterocycles. The van der Waals surface area contributed by atoms with Gasteiger partial charge in [-0.3, -0.25) is 5.10 Å². The molecule has 8 nitrogen and oxygen atoms in total. The smallest absolute Gasteiger partial charge is 0.213 e. The predicted molar refractivity (Wildman–Crippen MR) is 182 cm³/mol. The molecule has 4 rings (SSSR count). The number of hydrogen-bond acceptors (Lipinski definition) is 7. The highest BCUT2D eigenvalue weighted by molar-refractivity contribution is 5.78. The quantitative estimate of drug-likeness (QED) is 0.159. The lowest BCUT2D eigenvalue weighted by molar-refractivity contribution is 0.565. The summed E-state index contributed by atoms with van der Waals surface area (Å²) in [4.78, 5) is 5.10. The van der Waals surface area contributed by atoms with E-state index in [1.807, 2.05) is 33.8 Å². The summed E-state index contributed by atoms with van der Waals surface area (Å²) in [5.41, 5.74) is 12.0. The third-order valence-electron chi connectivity index (χ3n) is 7.95. The van der Waals surface area contributed by atoms with Crippen molar-refractivity contribution in [2.45, 2.75) is 100 Å². The Morgan fingerprint density at radius 3 is 1.73 bits per heavy atom. The van der Waals surface area contributed by atoms with E-state index in [4.69, 9.17) is 4.98 Å². The van der Waals surface area contributed by atoms with Crippen LogP contribution in [0.5, 0.6) is 0 Å². The SMILES string of the molecule is CCc1cc(C)cc(CC)c1Nc1cc(C)c(N=Nc2n[nH]c(C(C)(C)C)c2C#N)c(Nc2c(CC)cc(C)cc2CC)n1. The van der Waals surface area contributed by atoms with Crippen LogP contribution in [0.4, 0.5) is 34.5 Å². The molecule has 0 unspecified atom stereocenters. The van der Waals surface area contributed by atoms with Crippen LogP contribution in [0.25, 0.3) is 0 Å². The molecule has 0 aliphatic rings. The number of anilines is 4. The monoisotopic (exact) mass is 590 g/mol. The van der Waals surface area contributed by atoms with Gasteiger partial charge in [0.25, 0.3) is 0 Å². The van der Waals surface area contributed by atoms with Gasteiger partial charge in [0.1, 0.15) is 23.1 Å². The van der Waals surface area contributed by atoms with E-state index in [0.717, 1.165) is 54.1 Å². The molecule has 0 amide bonds. The zero-order valence-electron chi connectivity index (χ0n) is 28.0. The average Bonchev–Trinajstić information content (AvgIpc) is 3.41. The lowest BCUT2D eigenvalue weighted by atomic mass is 9.90. The van der Waals surface area contributed by atoms with Gasteiger partial charge in [-0.2, -0.15) is 10.4 Å². The molecule has 0 aliphatic heterocycles. The van der Waals surface area contributed by atoms with E-state index in [1.54, 1.807) is 0 Å². The molecule has 0 saturated carbocycles. The zero-order valence-corrected chi connectivity index (χ0v) is 28.0. The second kappa shape index (κ2) is 13.4. The van der Waals surface area contributed by atoms with E-state index >= 15 is 0 Å². The highest BCUT2D eigenvalue weighted by atomic mass is 15.3. The lowest BCUT2D eigenvalue weighted by Gasteiger charge is -2.20. The van der Waals surface area contributed by atoms with Crippen molar-refractivity contribution in [1.29, 1.82) is 5.26 Å². The van der Waals surface area contributed by atoms with Gasteiger partial charge in [-0.05, 0) is 80.3 Å². The molecule has 8 heteroatoms. The average molecular weight is 591 g/mol. The molecule has 2 aromatic carbocycles. The van der Waals surface area contributed by atoms with Crippen LogP contribution in [-0.2, 0) is 31.1 Å². The molecule has 3 N–H and O–H groups in total. The third kappa shape index (κ3) is 6.83. The van der Waals surface area contributed by atoms with Gasteiger partial charge in [-0.15, -0.1) is 10.2 Å². The largest absolute Gasteiger partial charge is 0.340 e. The Labute approximate surface area is 262 Å². The van der Waals surface area contributed by atoms with Crippen LogP contribution in [0.1, 0.15) is 98.7 Å². The Bertz CT molecular complexity index is 1680. The highest BCUT2D eigenvalue weighted by Gasteiger charge is 2.24. The van der Waals surface area contributed by atoms with Gasteiger partial charge >= 0.3 is 0 Å². The summed E-state index contributed by atoms with van der Waals surface area (Å²) in [5, 5.41) is 33.7. The molecule has 0 radical (unpaired) electrons. The summed E-state index contributed by atoms with van der Waals surface area (Å²) in [6.07, 6.45) is 3.58. The van der Waals surface area contributed by atoms with Gasteiger partial charge in [0, 0.05) is 16.8 Å². The van der Waals surface area contributed by atoms with Gasteiger partial charge in [-0.1, -0.05) is 83.9 Å². The number of nitrogens with zero attached hydrogens (tertiary/aromatic N) is 5. The second-order valence-corrected chi connectivity index (χ2v) is 12.5. The van der Waals surface area contributed by atoms with Crippen LogP contribution in [0.15, 0.2) is 40.6 Å². The summed E-state index contributed by atoms with van der Waals surface area (Å²) < 4.78 is 0. The second-order valence-electron chi connectivity index (χ2n) is 12.5. The van der Waals surface area contributed by atoms with Gasteiger partial charge in [0.15, 0.2) is 5.82 Å². The van der Waals surface area contributed by atoms with Gasteiger partial charge in [-0.25, -0.2) is 4.98 Å². The first-order valence-corrected chi connectivity index (χ1v) is 15.6.